The Kier molecular flexibility index (Phi) is 3.93. The van der Waals surface area contributed by atoms with Gasteiger partial charge >= 0.3 is 0 Å². The Labute approximate surface area is 164 Å². The summed E-state index contributed by atoms with van der Waals surface area (Å²) in [5.41, 5.74) is 0.279. The molecule has 5 aliphatic rings. The van der Waals surface area contributed by atoms with Crippen LogP contribution in [0.2, 0.25) is 0 Å². The summed E-state index contributed by atoms with van der Waals surface area (Å²) in [7, 11) is 2.03. The van der Waals surface area contributed by atoms with Gasteiger partial charge in [-0.3, -0.25) is 4.79 Å². The number of hydrogen-bond donors (Lipinski definition) is 0. The van der Waals surface area contributed by atoms with Gasteiger partial charge in [0.15, 0.2) is 0 Å². The molecule has 6 rings (SSSR count). The average Bonchev–Trinajstić information content (AvgIpc) is 2.98. The Hall–Kier alpha value is -1.04. The topological polar surface area (TPSA) is 41.4 Å². The third-order valence-electron chi connectivity index (χ3n) is 7.35. The maximum atomic E-state index is 13.1. The van der Waals surface area contributed by atoms with Crippen LogP contribution in [0.25, 0.3) is 0 Å². The second-order valence-corrected chi connectivity index (χ2v) is 11.2. The van der Waals surface area contributed by atoms with Gasteiger partial charge in [-0.15, -0.1) is 0 Å². The lowest BCUT2D eigenvalue weighted by Gasteiger charge is -2.60. The summed E-state index contributed by atoms with van der Waals surface area (Å²) in [5, 5.41) is 0. The summed E-state index contributed by atoms with van der Waals surface area (Å²) in [6.45, 7) is 3.43. The Morgan fingerprint density at radius 2 is 1.88 bits per heavy atom. The number of amides is 1. The van der Waals surface area contributed by atoms with Crippen LogP contribution in [0.4, 0.5) is 5.95 Å². The summed E-state index contributed by atoms with van der Waals surface area (Å²) in [4.78, 5) is 22.0. The van der Waals surface area contributed by atoms with Gasteiger partial charge in [0.1, 0.15) is 0 Å². The Balaban J connectivity index is 1.23. The van der Waals surface area contributed by atoms with Crippen molar-refractivity contribution in [2.45, 2.75) is 49.3 Å². The van der Waals surface area contributed by atoms with Crippen LogP contribution in [-0.2, 0) is 11.8 Å². The molecule has 1 aliphatic heterocycles. The van der Waals surface area contributed by atoms with E-state index in [9.17, 15) is 4.79 Å². The zero-order valence-electron chi connectivity index (χ0n) is 15.7. The molecule has 1 aromatic heterocycles. The summed E-state index contributed by atoms with van der Waals surface area (Å²) in [5.74, 6) is 3.11. The maximum absolute atomic E-state index is 13.1. The summed E-state index contributed by atoms with van der Waals surface area (Å²) >= 11 is 4.07. The molecule has 4 bridgehead atoms. The van der Waals surface area contributed by atoms with Gasteiger partial charge in [-0.05, 0) is 55.8 Å². The molecule has 2 unspecified atom stereocenters. The minimum absolute atomic E-state index is 0.279. The molecule has 26 heavy (non-hydrogen) atoms. The Bertz CT molecular complexity index is 694. The van der Waals surface area contributed by atoms with Crippen LogP contribution in [0.15, 0.2) is 12.4 Å². The number of rotatable bonds is 3. The highest BCUT2D eigenvalue weighted by Gasteiger charge is 2.57. The first-order chi connectivity index (χ1) is 12.4. The number of imidazole rings is 1. The Morgan fingerprint density at radius 3 is 2.46 bits per heavy atom. The monoisotopic (exact) mass is 420 g/mol. The molecule has 0 aromatic carbocycles. The molecule has 0 spiro atoms. The van der Waals surface area contributed by atoms with E-state index in [0.29, 0.717) is 10.2 Å². The van der Waals surface area contributed by atoms with Gasteiger partial charge in [0.25, 0.3) is 0 Å². The van der Waals surface area contributed by atoms with E-state index in [0.717, 1.165) is 50.4 Å². The normalized spacial score (nSPS) is 38.8. The minimum Gasteiger partial charge on any atom is -0.339 e. The molecule has 2 atom stereocenters. The SMILES string of the molecule is Cn1ccnc1N1CCN(C(=O)CC23CC4CC(CC(Br)(C4)C2)C3)CC1. The first-order valence-electron chi connectivity index (χ1n) is 10.1. The summed E-state index contributed by atoms with van der Waals surface area (Å²) in [6.07, 6.45) is 12.5. The van der Waals surface area contributed by atoms with Gasteiger partial charge in [-0.2, -0.15) is 0 Å². The highest BCUT2D eigenvalue weighted by Crippen LogP contribution is 2.65. The number of hydrogen-bond acceptors (Lipinski definition) is 3. The molecule has 1 amide bonds. The summed E-state index contributed by atoms with van der Waals surface area (Å²) in [6, 6.07) is 0. The fraction of sp³-hybridized carbons (Fsp3) is 0.800. The predicted octanol–water partition coefficient (Wildman–Crippen LogP) is 3.19. The predicted molar refractivity (Wildman–Crippen MR) is 105 cm³/mol. The molecule has 4 aliphatic carbocycles. The van der Waals surface area contributed by atoms with Crippen molar-refractivity contribution in [2.24, 2.45) is 24.3 Å². The van der Waals surface area contributed by atoms with Gasteiger partial charge < -0.3 is 14.4 Å². The molecular formula is C20H29BrN4O. The molecule has 5 fully saturated rings. The lowest BCUT2D eigenvalue weighted by Crippen LogP contribution is -2.55. The maximum Gasteiger partial charge on any atom is 0.223 e. The second kappa shape index (κ2) is 5.98. The lowest BCUT2D eigenvalue weighted by atomic mass is 9.48. The van der Waals surface area contributed by atoms with Crippen LogP contribution in [0.3, 0.4) is 0 Å². The van der Waals surface area contributed by atoms with E-state index in [-0.39, 0.29) is 5.41 Å². The summed E-state index contributed by atoms with van der Waals surface area (Å²) < 4.78 is 2.40. The third-order valence-corrected chi connectivity index (χ3v) is 8.28. The van der Waals surface area contributed by atoms with Crippen LogP contribution in [0.5, 0.6) is 0 Å². The first kappa shape index (κ1) is 17.1. The lowest BCUT2D eigenvalue weighted by molar-refractivity contribution is -0.138. The van der Waals surface area contributed by atoms with Crippen molar-refractivity contribution >= 4 is 27.8 Å². The number of anilines is 1. The van der Waals surface area contributed by atoms with E-state index in [1.807, 2.05) is 19.4 Å². The Morgan fingerprint density at radius 1 is 1.19 bits per heavy atom. The molecule has 4 saturated carbocycles. The fourth-order valence-electron chi connectivity index (χ4n) is 6.79. The van der Waals surface area contributed by atoms with Crippen LogP contribution >= 0.6 is 15.9 Å². The molecule has 1 aromatic rings. The molecule has 6 heteroatoms. The van der Waals surface area contributed by atoms with Crippen molar-refractivity contribution in [2.75, 3.05) is 31.1 Å². The van der Waals surface area contributed by atoms with Crippen molar-refractivity contribution in [3.8, 4) is 0 Å². The number of halogens is 1. The van der Waals surface area contributed by atoms with Crippen LogP contribution in [0.1, 0.15) is 44.9 Å². The fourth-order valence-corrected chi connectivity index (χ4v) is 8.30. The minimum atomic E-state index is 0.279. The number of piperazine rings is 1. The molecule has 5 nitrogen and oxygen atoms in total. The molecular weight excluding hydrogens is 392 g/mol. The standard InChI is InChI=1S/C20H29BrN4O/c1-23-3-2-22-18(23)25-6-4-24(5-7-25)17(26)13-19-9-15-8-16(10-19)12-20(21,11-15)14-19/h2-3,15-16H,4-14H2,1H3. The highest BCUT2D eigenvalue weighted by molar-refractivity contribution is 9.10. The van der Waals surface area contributed by atoms with Crippen molar-refractivity contribution < 1.29 is 4.79 Å². The van der Waals surface area contributed by atoms with Gasteiger partial charge in [-0.25, -0.2) is 4.98 Å². The molecule has 0 radical (unpaired) electrons. The highest BCUT2D eigenvalue weighted by atomic mass is 79.9. The second-order valence-electron chi connectivity index (χ2n) is 9.49. The van der Waals surface area contributed by atoms with Crippen molar-refractivity contribution in [3.05, 3.63) is 12.4 Å². The zero-order chi connectivity index (χ0) is 17.9. The smallest absolute Gasteiger partial charge is 0.223 e. The quantitative estimate of drug-likeness (QED) is 0.704. The molecule has 1 saturated heterocycles. The van der Waals surface area contributed by atoms with E-state index in [2.05, 4.69) is 35.3 Å². The van der Waals surface area contributed by atoms with E-state index in [1.54, 1.807) is 0 Å². The van der Waals surface area contributed by atoms with E-state index >= 15 is 0 Å². The number of carbonyl (C=O) groups excluding carboxylic acids is 1. The number of nitrogens with zero attached hydrogens (tertiary/aromatic N) is 4. The molecule has 142 valence electrons. The van der Waals surface area contributed by atoms with Crippen LogP contribution < -0.4 is 4.90 Å². The number of aryl methyl sites for hydroxylation is 1. The van der Waals surface area contributed by atoms with Gasteiger partial charge in [-0.1, -0.05) is 15.9 Å². The van der Waals surface area contributed by atoms with Crippen LogP contribution in [-0.4, -0.2) is 50.9 Å². The average molecular weight is 421 g/mol. The van der Waals surface area contributed by atoms with E-state index in [1.165, 1.54) is 38.5 Å². The zero-order valence-corrected chi connectivity index (χ0v) is 17.2. The van der Waals surface area contributed by atoms with Crippen molar-refractivity contribution in [1.82, 2.24) is 14.5 Å². The van der Waals surface area contributed by atoms with E-state index < -0.39 is 0 Å². The van der Waals surface area contributed by atoms with E-state index in [4.69, 9.17) is 0 Å². The van der Waals surface area contributed by atoms with Gasteiger partial charge in [0.05, 0.1) is 0 Å². The largest absolute Gasteiger partial charge is 0.339 e. The van der Waals surface area contributed by atoms with Crippen molar-refractivity contribution in [3.63, 3.8) is 0 Å². The number of alkyl halides is 1. The molecule has 2 heterocycles. The van der Waals surface area contributed by atoms with Crippen molar-refractivity contribution in [1.29, 1.82) is 0 Å². The van der Waals surface area contributed by atoms with Gasteiger partial charge in [0, 0.05) is 56.4 Å². The number of carbonyl (C=O) groups is 1. The number of aromatic nitrogens is 2. The van der Waals surface area contributed by atoms with Gasteiger partial charge in [0.2, 0.25) is 11.9 Å². The third kappa shape index (κ3) is 2.88. The first-order valence-corrected chi connectivity index (χ1v) is 10.9. The van der Waals surface area contributed by atoms with Crippen LogP contribution in [0, 0.1) is 17.3 Å². The molecule has 0 N–H and O–H groups in total.